The molecule has 4 saturated carbocycles. The minimum atomic E-state index is -0.573. The molecule has 0 N–H and O–H groups in total. The van der Waals surface area contributed by atoms with Gasteiger partial charge in [-0.2, -0.15) is 0 Å². The molecule has 172 valence electrons. The third kappa shape index (κ3) is 2.50. The minimum absolute atomic E-state index is 0.0233. The number of carbonyl (C=O) groups excluding carboxylic acids is 2. The summed E-state index contributed by atoms with van der Waals surface area (Å²) in [5.41, 5.74) is -0.542. The van der Waals surface area contributed by atoms with Crippen LogP contribution in [0.5, 0.6) is 0 Å². The summed E-state index contributed by atoms with van der Waals surface area (Å²) in [7, 11) is 0. The van der Waals surface area contributed by atoms with Crippen LogP contribution >= 0.6 is 0 Å². The Morgan fingerprint density at radius 1 is 0.968 bits per heavy atom. The highest BCUT2D eigenvalue weighted by Crippen LogP contribution is 2.69. The quantitative estimate of drug-likeness (QED) is 0.499. The van der Waals surface area contributed by atoms with E-state index in [1.165, 1.54) is 25.7 Å². The molecule has 6 fully saturated rings. The van der Waals surface area contributed by atoms with Crippen molar-refractivity contribution >= 4 is 11.6 Å². The van der Waals surface area contributed by atoms with Crippen molar-refractivity contribution in [2.75, 3.05) is 6.61 Å². The van der Waals surface area contributed by atoms with Crippen LogP contribution in [0.25, 0.3) is 0 Å². The van der Waals surface area contributed by atoms with Crippen LogP contribution in [0.2, 0.25) is 0 Å². The van der Waals surface area contributed by atoms with Crippen LogP contribution in [0, 0.1) is 52.3 Å². The van der Waals surface area contributed by atoms with Gasteiger partial charge in [-0.05, 0) is 67.6 Å². The molecular weight excluding hydrogens is 388 g/mol. The van der Waals surface area contributed by atoms with E-state index in [0.29, 0.717) is 23.7 Å². The number of hydrogen-bond donors (Lipinski definition) is 0. The zero-order valence-electron chi connectivity index (χ0n) is 19.8. The molecule has 4 aliphatic carbocycles. The van der Waals surface area contributed by atoms with Crippen LogP contribution in [-0.4, -0.2) is 30.1 Å². The topological polar surface area (TPSA) is 52.6 Å². The van der Waals surface area contributed by atoms with Crippen molar-refractivity contribution in [2.45, 2.75) is 97.4 Å². The van der Waals surface area contributed by atoms with E-state index in [-0.39, 0.29) is 40.8 Å². The molecule has 4 heteroatoms. The van der Waals surface area contributed by atoms with Gasteiger partial charge in [-0.1, -0.05) is 40.5 Å². The van der Waals surface area contributed by atoms with Crippen molar-refractivity contribution in [1.82, 2.24) is 0 Å². The van der Waals surface area contributed by atoms with Crippen molar-refractivity contribution in [3.63, 3.8) is 0 Å². The predicted molar refractivity (Wildman–Crippen MR) is 117 cm³/mol. The van der Waals surface area contributed by atoms with Crippen LogP contribution in [0.15, 0.2) is 0 Å². The van der Waals surface area contributed by atoms with E-state index in [4.69, 9.17) is 9.47 Å². The summed E-state index contributed by atoms with van der Waals surface area (Å²) in [5.74, 6) is 1.44. The standard InChI is InChI=1S/C27H40O4/c1-15-10-12-27(30-14-15)16(2)21-20(31-27)13-19-18-9-8-17-7-5-6-11-25(17,3)22(18)23(28)24(29)26(19,21)4/h15-22H,5-14H2,1-4H3/t15-,16+,17?,18+,19+,20+,21+,22-,25+,26+,27-/m1/s1. The van der Waals surface area contributed by atoms with Gasteiger partial charge in [-0.25, -0.2) is 0 Å². The molecule has 31 heavy (non-hydrogen) atoms. The summed E-state index contributed by atoms with van der Waals surface area (Å²) in [6.45, 7) is 9.69. The second kappa shape index (κ2) is 6.65. The molecule has 0 radical (unpaired) electrons. The highest BCUT2D eigenvalue weighted by molar-refractivity contribution is 6.41. The first-order valence-corrected chi connectivity index (χ1v) is 13.1. The first-order chi connectivity index (χ1) is 14.7. The molecule has 6 aliphatic rings. The summed E-state index contributed by atoms with van der Waals surface area (Å²) in [4.78, 5) is 27.8. The first kappa shape index (κ1) is 20.8. The lowest BCUT2D eigenvalue weighted by Gasteiger charge is -2.59. The molecule has 0 aromatic rings. The Balaban J connectivity index is 1.36. The maximum Gasteiger partial charge on any atom is 0.205 e. The van der Waals surface area contributed by atoms with Crippen LogP contribution < -0.4 is 0 Å². The predicted octanol–water partition coefficient (Wildman–Crippen LogP) is 5.18. The smallest absolute Gasteiger partial charge is 0.205 e. The molecule has 4 nitrogen and oxygen atoms in total. The molecule has 11 atom stereocenters. The third-order valence-electron chi connectivity index (χ3n) is 11.5. The highest BCUT2D eigenvalue weighted by Gasteiger charge is 2.73. The van der Waals surface area contributed by atoms with E-state index in [9.17, 15) is 9.59 Å². The molecule has 2 saturated heterocycles. The van der Waals surface area contributed by atoms with Crippen LogP contribution in [0.3, 0.4) is 0 Å². The second-order valence-corrected chi connectivity index (χ2v) is 12.7. The van der Waals surface area contributed by atoms with Crippen molar-refractivity contribution in [1.29, 1.82) is 0 Å². The monoisotopic (exact) mass is 428 g/mol. The summed E-state index contributed by atoms with van der Waals surface area (Å²) < 4.78 is 13.1. The van der Waals surface area contributed by atoms with Gasteiger partial charge in [0.05, 0.1) is 12.7 Å². The maximum atomic E-state index is 14.0. The fourth-order valence-electron chi connectivity index (χ4n) is 9.85. The lowest BCUT2D eigenvalue weighted by Crippen LogP contribution is -2.62. The summed E-state index contributed by atoms with van der Waals surface area (Å²) in [6, 6.07) is 0. The van der Waals surface area contributed by atoms with E-state index < -0.39 is 11.2 Å². The number of ether oxygens (including phenoxy) is 2. The Labute approximate surface area is 187 Å². The molecular formula is C27H40O4. The van der Waals surface area contributed by atoms with Crippen molar-refractivity contribution in [2.24, 2.45) is 52.3 Å². The zero-order valence-corrected chi connectivity index (χ0v) is 19.8. The lowest BCUT2D eigenvalue weighted by molar-refractivity contribution is -0.272. The second-order valence-electron chi connectivity index (χ2n) is 12.7. The fraction of sp³-hybridized carbons (Fsp3) is 0.926. The molecule has 0 aromatic heterocycles. The number of carbonyl (C=O) groups is 2. The van der Waals surface area contributed by atoms with Gasteiger partial charge < -0.3 is 9.47 Å². The minimum Gasteiger partial charge on any atom is -0.349 e. The largest absolute Gasteiger partial charge is 0.349 e. The first-order valence-electron chi connectivity index (χ1n) is 13.1. The average molecular weight is 429 g/mol. The molecule has 0 bridgehead atoms. The molecule has 1 unspecified atom stereocenters. The molecule has 1 spiro atoms. The normalized spacial score (nSPS) is 58.6. The average Bonchev–Trinajstić information content (AvgIpc) is 3.19. The van der Waals surface area contributed by atoms with E-state index in [0.717, 1.165) is 38.7 Å². The number of ketones is 2. The molecule has 0 aromatic carbocycles. The highest BCUT2D eigenvalue weighted by atomic mass is 16.7. The Bertz CT molecular complexity index is 797. The summed E-state index contributed by atoms with van der Waals surface area (Å²) in [5, 5.41) is 0. The Morgan fingerprint density at radius 3 is 2.52 bits per heavy atom. The summed E-state index contributed by atoms with van der Waals surface area (Å²) >= 11 is 0. The number of rotatable bonds is 0. The zero-order chi connectivity index (χ0) is 21.8. The van der Waals surface area contributed by atoms with Crippen molar-refractivity contribution < 1.29 is 19.1 Å². The lowest BCUT2D eigenvalue weighted by atomic mass is 9.44. The van der Waals surface area contributed by atoms with E-state index >= 15 is 0 Å². The van der Waals surface area contributed by atoms with E-state index in [1.54, 1.807) is 0 Å². The van der Waals surface area contributed by atoms with E-state index in [1.807, 2.05) is 0 Å². The molecule has 2 heterocycles. The fourth-order valence-corrected chi connectivity index (χ4v) is 9.85. The van der Waals surface area contributed by atoms with E-state index in [2.05, 4.69) is 27.7 Å². The van der Waals surface area contributed by atoms with Gasteiger partial charge in [-0.15, -0.1) is 0 Å². The van der Waals surface area contributed by atoms with Crippen molar-refractivity contribution in [3.8, 4) is 0 Å². The molecule has 0 amide bonds. The molecule has 2 aliphatic heterocycles. The van der Waals surface area contributed by atoms with Gasteiger partial charge in [0.2, 0.25) is 11.6 Å². The van der Waals surface area contributed by atoms with Gasteiger partial charge in [0.15, 0.2) is 5.79 Å². The third-order valence-corrected chi connectivity index (χ3v) is 11.5. The summed E-state index contributed by atoms with van der Waals surface area (Å²) in [6.07, 6.45) is 10.2. The van der Waals surface area contributed by atoms with Crippen LogP contribution in [0.4, 0.5) is 0 Å². The van der Waals surface area contributed by atoms with Gasteiger partial charge in [0, 0.05) is 29.6 Å². The van der Waals surface area contributed by atoms with Crippen LogP contribution in [0.1, 0.15) is 85.5 Å². The SMILES string of the molecule is C[C@@H]1CC[C@@]2(OC1)O[C@H]1C[C@H]3[C@@H]4CCC5CCCC[C@]5(C)[C@H]4C(=O)C(=O)[C@]3(C)[C@H]1[C@@H]2C. The van der Waals surface area contributed by atoms with Crippen LogP contribution in [-0.2, 0) is 19.1 Å². The number of hydrogen-bond acceptors (Lipinski definition) is 4. The Morgan fingerprint density at radius 2 is 1.77 bits per heavy atom. The maximum absolute atomic E-state index is 14.0. The van der Waals surface area contributed by atoms with Gasteiger partial charge in [-0.3, -0.25) is 9.59 Å². The van der Waals surface area contributed by atoms with Gasteiger partial charge >= 0.3 is 0 Å². The molecule has 6 rings (SSSR count). The van der Waals surface area contributed by atoms with Crippen molar-refractivity contribution in [3.05, 3.63) is 0 Å². The van der Waals surface area contributed by atoms with Gasteiger partial charge in [0.1, 0.15) is 0 Å². The number of fused-ring (bicyclic) bond motifs is 7. The Hall–Kier alpha value is -0.740. The van der Waals surface area contributed by atoms with Gasteiger partial charge in [0.25, 0.3) is 0 Å². The number of Topliss-reactive ketones (excluding diaryl/α,β-unsaturated/α-hetero) is 2. The Kier molecular flexibility index (Phi) is 4.47.